The molecule has 0 radical (unpaired) electrons. The van der Waals surface area contributed by atoms with Gasteiger partial charge in [-0.05, 0) is 44.5 Å². The van der Waals surface area contributed by atoms with E-state index in [0.29, 0.717) is 24.8 Å². The molecule has 2 N–H and O–H groups in total. The van der Waals surface area contributed by atoms with E-state index in [1.54, 1.807) is 17.0 Å². The van der Waals surface area contributed by atoms with Crippen LogP contribution in [0.1, 0.15) is 26.2 Å². The molecule has 0 aliphatic carbocycles. The normalized spacial score (nSPS) is 18.6. The van der Waals surface area contributed by atoms with Crippen LogP contribution in [0.3, 0.4) is 0 Å². The number of anilines is 1. The van der Waals surface area contributed by atoms with Gasteiger partial charge in [-0.3, -0.25) is 0 Å². The van der Waals surface area contributed by atoms with Gasteiger partial charge in [0.15, 0.2) is 0 Å². The lowest BCUT2D eigenvalue weighted by Crippen LogP contribution is -2.47. The first-order valence-electron chi connectivity index (χ1n) is 7.24. The predicted molar refractivity (Wildman–Crippen MR) is 78.3 cm³/mol. The Hall–Kier alpha value is -1.62. The fourth-order valence-electron chi connectivity index (χ4n) is 2.47. The molecule has 1 aliphatic heterocycles. The molecular formula is C15H22FN3O. The van der Waals surface area contributed by atoms with E-state index < -0.39 is 0 Å². The Balaban J connectivity index is 1.91. The maximum Gasteiger partial charge on any atom is 0.321 e. The van der Waals surface area contributed by atoms with Crippen LogP contribution in [0.15, 0.2) is 24.3 Å². The quantitative estimate of drug-likeness (QED) is 0.890. The average Bonchev–Trinajstić information content (AvgIpc) is 2.45. The van der Waals surface area contributed by atoms with E-state index in [9.17, 15) is 9.18 Å². The molecule has 0 saturated carbocycles. The molecule has 1 aromatic carbocycles. The number of piperidine rings is 1. The summed E-state index contributed by atoms with van der Waals surface area (Å²) < 4.78 is 13.1. The molecule has 2 rings (SSSR count). The van der Waals surface area contributed by atoms with Crippen molar-refractivity contribution in [3.8, 4) is 0 Å². The topological polar surface area (TPSA) is 44.4 Å². The van der Waals surface area contributed by atoms with Crippen LogP contribution in [-0.2, 0) is 0 Å². The zero-order valence-corrected chi connectivity index (χ0v) is 11.9. The summed E-state index contributed by atoms with van der Waals surface area (Å²) in [6.45, 7) is 4.30. The number of hydrogen-bond donors (Lipinski definition) is 2. The lowest BCUT2D eigenvalue weighted by molar-refractivity contribution is 0.203. The number of likely N-dealkylation sites (N-methyl/N-ethyl adjacent to an activating group) is 1. The minimum absolute atomic E-state index is 0.175. The summed E-state index contributed by atoms with van der Waals surface area (Å²) in [4.78, 5) is 14.0. The van der Waals surface area contributed by atoms with Crippen molar-refractivity contribution < 1.29 is 9.18 Å². The second-order valence-electron chi connectivity index (χ2n) is 5.13. The average molecular weight is 279 g/mol. The van der Waals surface area contributed by atoms with E-state index in [1.807, 2.05) is 6.92 Å². The van der Waals surface area contributed by atoms with Gasteiger partial charge in [0.25, 0.3) is 0 Å². The van der Waals surface area contributed by atoms with Crippen molar-refractivity contribution in [1.82, 2.24) is 10.2 Å². The van der Waals surface area contributed by atoms with Gasteiger partial charge in [0, 0.05) is 24.8 Å². The summed E-state index contributed by atoms with van der Waals surface area (Å²) in [5.74, 6) is -0.347. The zero-order valence-electron chi connectivity index (χ0n) is 11.9. The Morgan fingerprint density at radius 3 is 3.00 bits per heavy atom. The predicted octanol–water partition coefficient (Wildman–Crippen LogP) is 2.82. The van der Waals surface area contributed by atoms with Crippen LogP contribution in [0.5, 0.6) is 0 Å². The van der Waals surface area contributed by atoms with Crippen molar-refractivity contribution >= 4 is 11.7 Å². The molecule has 0 bridgehead atoms. The van der Waals surface area contributed by atoms with Crippen molar-refractivity contribution in [2.24, 2.45) is 0 Å². The molecule has 20 heavy (non-hydrogen) atoms. The highest BCUT2D eigenvalue weighted by Gasteiger charge is 2.19. The lowest BCUT2D eigenvalue weighted by atomic mass is 10.0. The summed E-state index contributed by atoms with van der Waals surface area (Å²) in [5, 5.41) is 6.17. The highest BCUT2D eigenvalue weighted by Crippen LogP contribution is 2.12. The summed E-state index contributed by atoms with van der Waals surface area (Å²) in [7, 11) is 0. The van der Waals surface area contributed by atoms with E-state index in [4.69, 9.17) is 0 Å². The number of carbonyl (C=O) groups excluding carboxylic acids is 1. The third-order valence-electron chi connectivity index (χ3n) is 3.60. The SMILES string of the molecule is CCN(CC1CCCCN1)C(=O)Nc1cccc(F)c1. The monoisotopic (exact) mass is 279 g/mol. The summed E-state index contributed by atoms with van der Waals surface area (Å²) in [6, 6.07) is 6.15. The summed E-state index contributed by atoms with van der Waals surface area (Å²) in [6.07, 6.45) is 3.52. The number of benzene rings is 1. The second kappa shape index (κ2) is 7.24. The van der Waals surface area contributed by atoms with E-state index >= 15 is 0 Å². The number of halogens is 1. The Morgan fingerprint density at radius 2 is 2.35 bits per heavy atom. The Kier molecular flexibility index (Phi) is 5.35. The Morgan fingerprint density at radius 1 is 1.50 bits per heavy atom. The minimum atomic E-state index is -0.347. The van der Waals surface area contributed by atoms with Crippen molar-refractivity contribution in [1.29, 1.82) is 0 Å². The number of urea groups is 1. The van der Waals surface area contributed by atoms with E-state index in [2.05, 4.69) is 10.6 Å². The first kappa shape index (κ1) is 14.8. The van der Waals surface area contributed by atoms with Gasteiger partial charge in [-0.15, -0.1) is 0 Å². The van der Waals surface area contributed by atoms with Crippen LogP contribution >= 0.6 is 0 Å². The molecule has 0 aromatic heterocycles. The van der Waals surface area contributed by atoms with Crippen molar-refractivity contribution in [3.05, 3.63) is 30.1 Å². The largest absolute Gasteiger partial charge is 0.323 e. The van der Waals surface area contributed by atoms with Crippen molar-refractivity contribution in [3.63, 3.8) is 0 Å². The summed E-state index contributed by atoms with van der Waals surface area (Å²) >= 11 is 0. The van der Waals surface area contributed by atoms with Gasteiger partial charge in [-0.25, -0.2) is 9.18 Å². The molecule has 1 fully saturated rings. The molecule has 2 amide bonds. The number of hydrogen-bond acceptors (Lipinski definition) is 2. The standard InChI is InChI=1S/C15H22FN3O/c1-2-19(11-14-7-3-4-9-17-14)15(20)18-13-8-5-6-12(16)10-13/h5-6,8,10,14,17H,2-4,7,9,11H2,1H3,(H,18,20). The van der Waals surface area contributed by atoms with Crippen molar-refractivity contribution in [2.75, 3.05) is 25.0 Å². The van der Waals surface area contributed by atoms with Gasteiger partial charge >= 0.3 is 6.03 Å². The smallest absolute Gasteiger partial charge is 0.321 e. The molecular weight excluding hydrogens is 257 g/mol. The van der Waals surface area contributed by atoms with Gasteiger partial charge in [0.2, 0.25) is 0 Å². The lowest BCUT2D eigenvalue weighted by Gasteiger charge is -2.30. The molecule has 4 nitrogen and oxygen atoms in total. The van der Waals surface area contributed by atoms with Gasteiger partial charge in [0.05, 0.1) is 0 Å². The van der Waals surface area contributed by atoms with E-state index in [0.717, 1.165) is 13.0 Å². The van der Waals surface area contributed by atoms with Crippen LogP contribution in [0.4, 0.5) is 14.9 Å². The van der Waals surface area contributed by atoms with Gasteiger partial charge in [-0.1, -0.05) is 12.5 Å². The zero-order chi connectivity index (χ0) is 14.4. The number of nitrogens with one attached hydrogen (secondary N) is 2. The number of amides is 2. The highest BCUT2D eigenvalue weighted by molar-refractivity contribution is 5.89. The molecule has 1 saturated heterocycles. The van der Waals surface area contributed by atoms with Crippen LogP contribution in [0.2, 0.25) is 0 Å². The molecule has 1 heterocycles. The third-order valence-corrected chi connectivity index (χ3v) is 3.60. The minimum Gasteiger partial charge on any atom is -0.323 e. The molecule has 1 aromatic rings. The Bertz CT molecular complexity index is 446. The molecule has 1 atom stereocenters. The van der Waals surface area contributed by atoms with Crippen LogP contribution < -0.4 is 10.6 Å². The van der Waals surface area contributed by atoms with Crippen LogP contribution in [-0.4, -0.2) is 36.6 Å². The summed E-state index contributed by atoms with van der Waals surface area (Å²) in [5.41, 5.74) is 0.491. The first-order valence-corrected chi connectivity index (χ1v) is 7.24. The third kappa shape index (κ3) is 4.20. The van der Waals surface area contributed by atoms with Gasteiger partial charge < -0.3 is 15.5 Å². The maximum atomic E-state index is 13.1. The molecule has 1 unspecified atom stereocenters. The van der Waals surface area contributed by atoms with Gasteiger partial charge in [0.1, 0.15) is 5.82 Å². The first-order chi connectivity index (χ1) is 9.69. The fourth-order valence-corrected chi connectivity index (χ4v) is 2.47. The maximum absolute atomic E-state index is 13.1. The highest BCUT2D eigenvalue weighted by atomic mass is 19.1. The van der Waals surface area contributed by atoms with E-state index in [1.165, 1.54) is 25.0 Å². The van der Waals surface area contributed by atoms with Crippen molar-refractivity contribution in [2.45, 2.75) is 32.2 Å². The molecule has 0 spiro atoms. The molecule has 5 heteroatoms. The number of nitrogens with zero attached hydrogens (tertiary/aromatic N) is 1. The Labute approximate surface area is 119 Å². The van der Waals surface area contributed by atoms with Crippen LogP contribution in [0.25, 0.3) is 0 Å². The van der Waals surface area contributed by atoms with E-state index in [-0.39, 0.29) is 11.8 Å². The van der Waals surface area contributed by atoms with Gasteiger partial charge in [-0.2, -0.15) is 0 Å². The number of carbonyl (C=O) groups is 1. The van der Waals surface area contributed by atoms with Crippen LogP contribution in [0, 0.1) is 5.82 Å². The fraction of sp³-hybridized carbons (Fsp3) is 0.533. The molecule has 110 valence electrons. The molecule has 1 aliphatic rings. The number of rotatable bonds is 4. The second-order valence-corrected chi connectivity index (χ2v) is 5.13.